The lowest BCUT2D eigenvalue weighted by Gasteiger charge is -2.44. The number of hydrogen-bond acceptors (Lipinski definition) is 11. The molecule has 3 rings (SSSR count). The normalized spacial score (nSPS) is 30.5. The van der Waals surface area contributed by atoms with Crippen LogP contribution in [0.5, 0.6) is 5.75 Å². The minimum Gasteiger partial charge on any atom is -0.507 e. The van der Waals surface area contributed by atoms with Crippen LogP contribution < -0.4 is 5.32 Å². The van der Waals surface area contributed by atoms with Crippen molar-refractivity contribution in [1.29, 1.82) is 0 Å². The summed E-state index contributed by atoms with van der Waals surface area (Å²) < 4.78 is 16.6. The van der Waals surface area contributed by atoms with Crippen LogP contribution in [-0.4, -0.2) is 118 Å². The Balaban J connectivity index is 1.62. The van der Waals surface area contributed by atoms with E-state index in [9.17, 15) is 30.0 Å². The molecule has 202 valence electrons. The summed E-state index contributed by atoms with van der Waals surface area (Å²) in [5.74, 6) is -0.896. The van der Waals surface area contributed by atoms with Crippen molar-refractivity contribution in [1.82, 2.24) is 10.2 Å². The number of phenols is 1. The van der Waals surface area contributed by atoms with Crippen LogP contribution >= 0.6 is 11.8 Å². The molecule has 2 saturated heterocycles. The number of hydrogen-bond donors (Lipinski definition) is 5. The molecule has 0 bridgehead atoms. The Labute approximate surface area is 214 Å². The molecule has 0 spiro atoms. The third kappa shape index (κ3) is 6.68. The maximum atomic E-state index is 13.0. The zero-order chi connectivity index (χ0) is 26.4. The second-order valence-electron chi connectivity index (χ2n) is 9.08. The number of nitrogens with one attached hydrogen (secondary N) is 1. The minimum absolute atomic E-state index is 0.0371. The number of carbonyl (C=O) groups is 2. The number of para-hydroxylation sites is 1. The van der Waals surface area contributed by atoms with Gasteiger partial charge in [0.15, 0.2) is 0 Å². The molecule has 2 heterocycles. The van der Waals surface area contributed by atoms with E-state index in [-0.39, 0.29) is 35.6 Å². The van der Waals surface area contributed by atoms with Gasteiger partial charge in [-0.1, -0.05) is 12.1 Å². The lowest BCUT2D eigenvalue weighted by molar-refractivity contribution is -0.212. The second kappa shape index (κ2) is 13.0. The zero-order valence-corrected chi connectivity index (χ0v) is 21.5. The summed E-state index contributed by atoms with van der Waals surface area (Å²) in [6.07, 6.45) is -4.42. The van der Waals surface area contributed by atoms with E-state index in [1.165, 1.54) is 19.2 Å². The fourth-order valence-corrected chi connectivity index (χ4v) is 5.42. The first-order chi connectivity index (χ1) is 17.1. The number of rotatable bonds is 10. The maximum absolute atomic E-state index is 13.0. The van der Waals surface area contributed by atoms with Gasteiger partial charge in [-0.2, -0.15) is 0 Å². The highest BCUT2D eigenvalue weighted by Gasteiger charge is 2.49. The topological polar surface area (TPSA) is 158 Å². The third-order valence-corrected chi connectivity index (χ3v) is 7.81. The van der Waals surface area contributed by atoms with Crippen molar-refractivity contribution in [3.8, 4) is 5.75 Å². The van der Waals surface area contributed by atoms with E-state index in [2.05, 4.69) is 5.32 Å². The Morgan fingerprint density at radius 3 is 2.58 bits per heavy atom. The molecule has 1 unspecified atom stereocenters. The lowest BCUT2D eigenvalue weighted by atomic mass is 9.92. The highest BCUT2D eigenvalue weighted by molar-refractivity contribution is 7.99. The largest absolute Gasteiger partial charge is 0.507 e. The highest BCUT2D eigenvalue weighted by atomic mass is 32.2. The molecule has 0 aromatic heterocycles. The fourth-order valence-electron chi connectivity index (χ4n) is 4.45. The van der Waals surface area contributed by atoms with Crippen LogP contribution in [0.25, 0.3) is 0 Å². The van der Waals surface area contributed by atoms with Crippen molar-refractivity contribution in [3.05, 3.63) is 29.8 Å². The number of carbonyl (C=O) groups excluding carboxylic acids is 2. The van der Waals surface area contributed by atoms with Gasteiger partial charge in [-0.25, -0.2) is 4.79 Å². The minimum atomic E-state index is -1.53. The summed E-state index contributed by atoms with van der Waals surface area (Å²) in [5.41, 5.74) is -0.926. The number of phenolic OH excluding ortho intramolecular Hbond substituents is 1. The number of methoxy groups -OCH3 is 1. The maximum Gasteiger partial charge on any atom is 0.341 e. The Kier molecular flexibility index (Phi) is 10.4. The first-order valence-corrected chi connectivity index (χ1v) is 13.0. The molecule has 1 aromatic carbocycles. The average Bonchev–Trinajstić information content (AvgIpc) is 3.30. The number of aliphatic hydroxyl groups excluding tert-OH is 3. The van der Waals surface area contributed by atoms with Gasteiger partial charge in [0, 0.05) is 12.9 Å². The number of aromatic hydroxyl groups is 1. The van der Waals surface area contributed by atoms with E-state index >= 15 is 0 Å². The average molecular weight is 529 g/mol. The zero-order valence-electron chi connectivity index (χ0n) is 20.6. The first kappa shape index (κ1) is 28.6. The van der Waals surface area contributed by atoms with Crippen LogP contribution in [0.2, 0.25) is 0 Å². The van der Waals surface area contributed by atoms with Crippen LogP contribution in [0.3, 0.4) is 0 Å². The molecule has 5 N–H and O–H groups in total. The monoisotopic (exact) mass is 528 g/mol. The van der Waals surface area contributed by atoms with Crippen LogP contribution in [0.15, 0.2) is 24.3 Å². The van der Waals surface area contributed by atoms with Crippen molar-refractivity contribution in [2.45, 2.75) is 67.8 Å². The molecule has 2 aliphatic heterocycles. The van der Waals surface area contributed by atoms with Gasteiger partial charge in [-0.05, 0) is 45.5 Å². The Bertz CT molecular complexity index is 891. The number of nitrogens with zero attached hydrogens (tertiary/aromatic N) is 1. The van der Waals surface area contributed by atoms with E-state index in [0.29, 0.717) is 6.42 Å². The Morgan fingerprint density at radius 2 is 1.94 bits per heavy atom. The first-order valence-electron chi connectivity index (χ1n) is 12.0. The summed E-state index contributed by atoms with van der Waals surface area (Å²) in [6.45, 7) is 2.48. The number of ether oxygens (including phenoxy) is 3. The Morgan fingerprint density at radius 1 is 1.22 bits per heavy atom. The van der Waals surface area contributed by atoms with E-state index in [1.807, 2.05) is 11.9 Å². The number of thioether (sulfide) groups is 1. The van der Waals surface area contributed by atoms with Gasteiger partial charge < -0.3 is 40.0 Å². The molecule has 2 aliphatic rings. The van der Waals surface area contributed by atoms with E-state index in [1.54, 1.807) is 19.1 Å². The van der Waals surface area contributed by atoms with Crippen LogP contribution in [0.1, 0.15) is 30.1 Å². The molecule has 11 nitrogen and oxygen atoms in total. The summed E-state index contributed by atoms with van der Waals surface area (Å²) in [6, 6.07) is 4.91. The van der Waals surface area contributed by atoms with E-state index < -0.39 is 48.0 Å². The highest BCUT2D eigenvalue weighted by Crippen LogP contribution is 2.31. The summed E-state index contributed by atoms with van der Waals surface area (Å²) in [7, 11) is 3.34. The summed E-state index contributed by atoms with van der Waals surface area (Å²) in [4.78, 5) is 27.1. The van der Waals surface area contributed by atoms with Crippen LogP contribution in [0, 0.1) is 0 Å². The molecule has 0 radical (unpaired) electrons. The van der Waals surface area contributed by atoms with Gasteiger partial charge in [0.05, 0.1) is 18.2 Å². The van der Waals surface area contributed by atoms with E-state index in [4.69, 9.17) is 14.2 Å². The van der Waals surface area contributed by atoms with Gasteiger partial charge in [0.25, 0.3) is 0 Å². The van der Waals surface area contributed by atoms with Crippen LogP contribution in [-0.2, 0) is 19.0 Å². The smallest absolute Gasteiger partial charge is 0.341 e. The Hall–Kier alpha value is -1.93. The summed E-state index contributed by atoms with van der Waals surface area (Å²) in [5, 5.41) is 44.4. The lowest BCUT2D eigenvalue weighted by Crippen LogP contribution is -2.66. The number of esters is 1. The predicted molar refractivity (Wildman–Crippen MR) is 132 cm³/mol. The number of likely N-dealkylation sites (N-methyl/N-ethyl adjacent to an activating group) is 1. The molecule has 0 saturated carbocycles. The molecule has 12 heteroatoms. The quantitative estimate of drug-likeness (QED) is 0.201. The fraction of sp³-hybridized carbons (Fsp3) is 0.667. The molecular weight excluding hydrogens is 492 g/mol. The predicted octanol–water partition coefficient (Wildman–Crippen LogP) is -0.296. The van der Waals surface area contributed by atoms with Crippen molar-refractivity contribution in [3.63, 3.8) is 0 Å². The van der Waals surface area contributed by atoms with Gasteiger partial charge in [0.2, 0.25) is 5.91 Å². The molecule has 0 aliphatic carbocycles. The molecule has 36 heavy (non-hydrogen) atoms. The van der Waals surface area contributed by atoms with Crippen molar-refractivity contribution < 1.29 is 44.2 Å². The van der Waals surface area contributed by atoms with Gasteiger partial charge in [-0.3, -0.25) is 9.69 Å². The van der Waals surface area contributed by atoms with Gasteiger partial charge >= 0.3 is 5.97 Å². The summed E-state index contributed by atoms with van der Waals surface area (Å²) >= 11 is 1.09. The van der Waals surface area contributed by atoms with E-state index in [0.717, 1.165) is 24.7 Å². The number of aliphatic hydroxyl groups is 3. The molecule has 1 amide bonds. The molecule has 8 atom stereocenters. The van der Waals surface area contributed by atoms with Crippen LogP contribution in [0.4, 0.5) is 0 Å². The van der Waals surface area contributed by atoms with Crippen molar-refractivity contribution in [2.75, 3.05) is 33.1 Å². The van der Waals surface area contributed by atoms with Gasteiger partial charge in [-0.15, -0.1) is 11.8 Å². The number of benzene rings is 1. The second-order valence-corrected chi connectivity index (χ2v) is 10.3. The van der Waals surface area contributed by atoms with Crippen molar-refractivity contribution in [2.24, 2.45) is 0 Å². The van der Waals surface area contributed by atoms with Crippen molar-refractivity contribution >= 4 is 23.6 Å². The molecular formula is C24H36N2O9S. The number of likely N-dealkylation sites (tertiary alicyclic amines) is 1. The number of amides is 1. The standard InChI is InChI=1S/C24H36N2O9S/c1-13(33-3)17(25-22(31)15-8-6-10-26(15)2)21-19(29)18(28)20(30)24(35-21)36-12-11-34-23(32)14-7-4-5-9-16(14)27/h4-5,7,9,13,15,17-21,24,27-30H,6,8,10-12H2,1-3H3,(H,25,31)/t13-,15?,17-,18+,19-,20-,21-,24-/m1/s1. The third-order valence-electron chi connectivity index (χ3n) is 6.69. The molecule has 1 aromatic rings. The SMILES string of the molecule is CO[C@H](C)[C@@H](NC(=O)C1CCCN1C)[C@H]1O[C@H](SCCOC(=O)c2ccccc2O)[C@H](O)[C@@H](O)[C@H]1O. The molecule has 2 fully saturated rings. The van der Waals surface area contributed by atoms with Gasteiger partial charge in [0.1, 0.15) is 47.8 Å².